The number of piperidine rings is 1. The SMILES string of the molecule is CCC(C)C(NC(=O)OC(C)(C)C)C(=O)N1CCC(C(=O)NC(CC(C)C)C(=O)O)CC1. The molecular weight excluding hydrogens is 414 g/mol. The van der Waals surface area contributed by atoms with Crippen LogP contribution in [0.5, 0.6) is 0 Å². The van der Waals surface area contributed by atoms with Gasteiger partial charge in [-0.2, -0.15) is 0 Å². The molecule has 0 bridgehead atoms. The Morgan fingerprint density at radius 3 is 2.06 bits per heavy atom. The second-order valence-electron chi connectivity index (χ2n) is 10.1. The van der Waals surface area contributed by atoms with E-state index >= 15 is 0 Å². The Balaban J connectivity index is 2.72. The minimum absolute atomic E-state index is 0.0802. The Hall–Kier alpha value is -2.32. The number of hydrogen-bond donors (Lipinski definition) is 3. The molecule has 3 unspecified atom stereocenters. The van der Waals surface area contributed by atoms with E-state index in [-0.39, 0.29) is 29.6 Å². The van der Waals surface area contributed by atoms with E-state index in [2.05, 4.69) is 10.6 Å². The van der Waals surface area contributed by atoms with Gasteiger partial charge in [-0.1, -0.05) is 34.1 Å². The average Bonchev–Trinajstić information content (AvgIpc) is 2.68. The first-order valence-corrected chi connectivity index (χ1v) is 11.6. The Morgan fingerprint density at radius 2 is 1.62 bits per heavy atom. The van der Waals surface area contributed by atoms with Crippen LogP contribution < -0.4 is 10.6 Å². The molecule has 9 heteroatoms. The van der Waals surface area contributed by atoms with Gasteiger partial charge in [0, 0.05) is 19.0 Å². The first-order valence-electron chi connectivity index (χ1n) is 11.6. The molecule has 1 aliphatic rings. The van der Waals surface area contributed by atoms with E-state index in [1.165, 1.54) is 0 Å². The standard InChI is InChI=1S/C23H41N3O6/c1-8-15(4)18(25-22(31)32-23(5,6)7)20(28)26-11-9-16(10-12-26)19(27)24-17(21(29)30)13-14(2)3/h14-18H,8-13H2,1-7H3,(H,24,27)(H,25,31)(H,29,30). The van der Waals surface area contributed by atoms with Crippen molar-refractivity contribution in [1.29, 1.82) is 0 Å². The topological polar surface area (TPSA) is 125 Å². The average molecular weight is 456 g/mol. The number of nitrogens with one attached hydrogen (secondary N) is 2. The number of rotatable bonds is 9. The summed E-state index contributed by atoms with van der Waals surface area (Å²) in [5.41, 5.74) is -0.664. The van der Waals surface area contributed by atoms with Crippen LogP contribution in [0, 0.1) is 17.8 Å². The highest BCUT2D eigenvalue weighted by molar-refractivity contribution is 5.87. The first kappa shape index (κ1) is 27.7. The lowest BCUT2D eigenvalue weighted by molar-refractivity contribution is -0.143. The molecule has 9 nitrogen and oxygen atoms in total. The highest BCUT2D eigenvalue weighted by Crippen LogP contribution is 2.21. The fraction of sp³-hybridized carbons (Fsp3) is 0.826. The van der Waals surface area contributed by atoms with Crippen molar-refractivity contribution >= 4 is 23.9 Å². The lowest BCUT2D eigenvalue weighted by Crippen LogP contribution is -2.55. The van der Waals surface area contributed by atoms with Crippen LogP contribution in [-0.4, -0.2) is 64.7 Å². The number of carboxylic acids is 1. The molecule has 3 N–H and O–H groups in total. The smallest absolute Gasteiger partial charge is 0.408 e. The summed E-state index contributed by atoms with van der Waals surface area (Å²) in [6.07, 6.45) is 1.34. The molecule has 184 valence electrons. The number of carbonyl (C=O) groups is 4. The minimum atomic E-state index is -1.04. The van der Waals surface area contributed by atoms with Crippen LogP contribution >= 0.6 is 0 Å². The monoisotopic (exact) mass is 455 g/mol. The largest absolute Gasteiger partial charge is 0.480 e. The quantitative estimate of drug-likeness (QED) is 0.491. The molecule has 1 saturated heterocycles. The molecule has 0 aromatic heterocycles. The van der Waals surface area contributed by atoms with Crippen LogP contribution in [0.25, 0.3) is 0 Å². The third-order valence-corrected chi connectivity index (χ3v) is 5.65. The summed E-state index contributed by atoms with van der Waals surface area (Å²) in [6, 6.07) is -1.61. The fourth-order valence-corrected chi connectivity index (χ4v) is 3.66. The summed E-state index contributed by atoms with van der Waals surface area (Å²) in [7, 11) is 0. The van der Waals surface area contributed by atoms with E-state index in [1.54, 1.807) is 25.7 Å². The Labute approximate surface area is 191 Å². The van der Waals surface area contributed by atoms with Gasteiger partial charge in [0.2, 0.25) is 11.8 Å². The molecule has 1 rings (SSSR count). The van der Waals surface area contributed by atoms with Crippen molar-refractivity contribution in [3.8, 4) is 0 Å². The van der Waals surface area contributed by atoms with E-state index in [1.807, 2.05) is 27.7 Å². The third kappa shape index (κ3) is 9.04. The van der Waals surface area contributed by atoms with Gasteiger partial charge in [0.05, 0.1) is 0 Å². The third-order valence-electron chi connectivity index (χ3n) is 5.65. The van der Waals surface area contributed by atoms with Crippen molar-refractivity contribution in [1.82, 2.24) is 15.5 Å². The molecule has 1 heterocycles. The highest BCUT2D eigenvalue weighted by Gasteiger charge is 2.35. The number of amides is 3. The van der Waals surface area contributed by atoms with Crippen LogP contribution in [0.3, 0.4) is 0 Å². The summed E-state index contributed by atoms with van der Waals surface area (Å²) < 4.78 is 5.31. The predicted octanol–water partition coefficient (Wildman–Crippen LogP) is 2.78. The van der Waals surface area contributed by atoms with E-state index in [0.717, 1.165) is 0 Å². The van der Waals surface area contributed by atoms with Crippen LogP contribution in [0.2, 0.25) is 0 Å². The second-order valence-corrected chi connectivity index (χ2v) is 10.1. The number of alkyl carbamates (subject to hydrolysis) is 1. The van der Waals surface area contributed by atoms with Gasteiger partial charge in [-0.05, 0) is 51.9 Å². The molecule has 3 atom stereocenters. The number of ether oxygens (including phenoxy) is 1. The summed E-state index contributed by atoms with van der Waals surface area (Å²) >= 11 is 0. The first-order chi connectivity index (χ1) is 14.7. The molecule has 0 radical (unpaired) electrons. The molecule has 0 aromatic rings. The van der Waals surface area contributed by atoms with E-state index < -0.39 is 29.7 Å². The molecule has 1 aliphatic heterocycles. The van der Waals surface area contributed by atoms with Crippen LogP contribution in [-0.2, 0) is 19.1 Å². The molecule has 3 amide bonds. The van der Waals surface area contributed by atoms with Gasteiger partial charge < -0.3 is 25.4 Å². The predicted molar refractivity (Wildman–Crippen MR) is 121 cm³/mol. The number of carboxylic acid groups (broad SMARTS) is 1. The van der Waals surface area contributed by atoms with E-state index in [4.69, 9.17) is 4.74 Å². The maximum Gasteiger partial charge on any atom is 0.408 e. The number of aliphatic carboxylic acids is 1. The maximum absolute atomic E-state index is 13.1. The number of likely N-dealkylation sites (tertiary alicyclic amines) is 1. The van der Waals surface area contributed by atoms with Crippen molar-refractivity contribution in [2.24, 2.45) is 17.8 Å². The lowest BCUT2D eigenvalue weighted by Gasteiger charge is -2.36. The molecule has 32 heavy (non-hydrogen) atoms. The number of hydrogen-bond acceptors (Lipinski definition) is 5. The summed E-state index contributed by atoms with van der Waals surface area (Å²) in [4.78, 5) is 51.1. The Kier molecular flexibility index (Phi) is 10.4. The van der Waals surface area contributed by atoms with E-state index in [0.29, 0.717) is 38.8 Å². The lowest BCUT2D eigenvalue weighted by atomic mass is 9.92. The molecular formula is C23H41N3O6. The zero-order chi connectivity index (χ0) is 24.6. The van der Waals surface area contributed by atoms with Gasteiger partial charge in [0.15, 0.2) is 0 Å². The van der Waals surface area contributed by atoms with Gasteiger partial charge in [-0.25, -0.2) is 9.59 Å². The van der Waals surface area contributed by atoms with Gasteiger partial charge in [-0.15, -0.1) is 0 Å². The summed E-state index contributed by atoms with van der Waals surface area (Å²) in [5, 5.41) is 14.7. The molecule has 0 aromatic carbocycles. The molecule has 0 spiro atoms. The number of nitrogens with zero attached hydrogens (tertiary/aromatic N) is 1. The normalized spacial score (nSPS) is 17.9. The highest BCUT2D eigenvalue weighted by atomic mass is 16.6. The van der Waals surface area contributed by atoms with Crippen LogP contribution in [0.15, 0.2) is 0 Å². The van der Waals surface area contributed by atoms with Crippen molar-refractivity contribution in [3.05, 3.63) is 0 Å². The number of carbonyl (C=O) groups excluding carboxylic acids is 3. The van der Waals surface area contributed by atoms with Gasteiger partial charge in [-0.3, -0.25) is 9.59 Å². The zero-order valence-electron chi connectivity index (χ0n) is 20.6. The van der Waals surface area contributed by atoms with Crippen molar-refractivity contribution in [3.63, 3.8) is 0 Å². The summed E-state index contributed by atoms with van der Waals surface area (Å²) in [6.45, 7) is 13.7. The van der Waals surface area contributed by atoms with Crippen molar-refractivity contribution in [2.75, 3.05) is 13.1 Å². The molecule has 1 fully saturated rings. The summed E-state index contributed by atoms with van der Waals surface area (Å²) in [5.74, 6) is -1.78. The second kappa shape index (κ2) is 12.1. The van der Waals surface area contributed by atoms with Gasteiger partial charge in [0.25, 0.3) is 0 Å². The Morgan fingerprint density at radius 1 is 1.06 bits per heavy atom. The van der Waals surface area contributed by atoms with Gasteiger partial charge >= 0.3 is 12.1 Å². The van der Waals surface area contributed by atoms with E-state index in [9.17, 15) is 24.3 Å². The van der Waals surface area contributed by atoms with Crippen molar-refractivity contribution < 1.29 is 29.0 Å². The van der Waals surface area contributed by atoms with Crippen LogP contribution in [0.4, 0.5) is 4.79 Å². The van der Waals surface area contributed by atoms with Crippen LogP contribution in [0.1, 0.15) is 74.1 Å². The molecule has 0 saturated carbocycles. The minimum Gasteiger partial charge on any atom is -0.480 e. The van der Waals surface area contributed by atoms with Gasteiger partial charge in [0.1, 0.15) is 17.7 Å². The molecule has 0 aliphatic carbocycles. The maximum atomic E-state index is 13.1. The Bertz CT molecular complexity index is 665. The zero-order valence-corrected chi connectivity index (χ0v) is 20.6. The fourth-order valence-electron chi connectivity index (χ4n) is 3.66. The van der Waals surface area contributed by atoms with Crippen molar-refractivity contribution in [2.45, 2.75) is 91.8 Å².